The number of fused-ring (bicyclic) bond motifs is 1. The average molecular weight is 540 g/mol. The highest BCUT2D eigenvalue weighted by Crippen LogP contribution is 2.65. The Balaban J connectivity index is 1.51. The van der Waals surface area contributed by atoms with Crippen LogP contribution in [0.1, 0.15) is 39.2 Å². The first kappa shape index (κ1) is 26.7. The van der Waals surface area contributed by atoms with Gasteiger partial charge in [0.25, 0.3) is 0 Å². The number of aliphatic hydroxyl groups excluding tert-OH is 1. The van der Waals surface area contributed by atoms with Gasteiger partial charge in [0.1, 0.15) is 11.6 Å². The molecule has 1 spiro atoms. The van der Waals surface area contributed by atoms with Crippen LogP contribution in [0.2, 0.25) is 5.02 Å². The number of benzene rings is 2. The summed E-state index contributed by atoms with van der Waals surface area (Å²) < 4.78 is 6.71. The van der Waals surface area contributed by atoms with Crippen LogP contribution >= 0.6 is 11.6 Å². The van der Waals surface area contributed by atoms with E-state index >= 15 is 0 Å². The van der Waals surface area contributed by atoms with Crippen molar-refractivity contribution in [2.45, 2.75) is 63.4 Å². The molecule has 0 aromatic heterocycles. The highest BCUT2D eigenvalue weighted by atomic mass is 35.5. The number of ether oxygens (including phenoxy) is 1. The second kappa shape index (κ2) is 9.98. The summed E-state index contributed by atoms with van der Waals surface area (Å²) >= 11 is 6.01. The quantitative estimate of drug-likeness (QED) is 0.477. The number of aliphatic hydroxyl groups is 1. The van der Waals surface area contributed by atoms with E-state index in [-0.39, 0.29) is 24.3 Å². The summed E-state index contributed by atoms with van der Waals surface area (Å²) in [6.45, 7) is 5.78. The van der Waals surface area contributed by atoms with E-state index in [1.165, 1.54) is 4.90 Å². The molecule has 8 nitrogen and oxygen atoms in total. The van der Waals surface area contributed by atoms with Crippen LogP contribution in [0.4, 0.5) is 5.69 Å². The zero-order valence-corrected chi connectivity index (χ0v) is 22.6. The Hall–Kier alpha value is -2.94. The Morgan fingerprint density at radius 3 is 2.47 bits per heavy atom. The van der Waals surface area contributed by atoms with Crippen molar-refractivity contribution in [3.8, 4) is 0 Å². The zero-order valence-electron chi connectivity index (χ0n) is 21.8. The predicted molar refractivity (Wildman–Crippen MR) is 143 cm³/mol. The van der Waals surface area contributed by atoms with Gasteiger partial charge in [-0.05, 0) is 55.5 Å². The number of carbonyl (C=O) groups is 3. The number of nitrogens with zero attached hydrogens (tertiary/aromatic N) is 1. The van der Waals surface area contributed by atoms with Crippen molar-refractivity contribution in [1.82, 2.24) is 10.2 Å². The summed E-state index contributed by atoms with van der Waals surface area (Å²) in [5, 5.41) is 16.6. The molecule has 3 aliphatic heterocycles. The summed E-state index contributed by atoms with van der Waals surface area (Å²) in [6, 6.07) is 14.7. The fourth-order valence-corrected chi connectivity index (χ4v) is 6.95. The van der Waals surface area contributed by atoms with E-state index in [9.17, 15) is 19.5 Å². The summed E-state index contributed by atoms with van der Waals surface area (Å²) in [7, 11) is 0. The van der Waals surface area contributed by atoms with Crippen molar-refractivity contribution < 1.29 is 24.2 Å². The third-order valence-corrected chi connectivity index (χ3v) is 9.03. The number of nitrogens with one attached hydrogen (secondary N) is 2. The Morgan fingerprint density at radius 1 is 1.16 bits per heavy atom. The first-order valence-electron chi connectivity index (χ1n) is 13.2. The summed E-state index contributed by atoms with van der Waals surface area (Å²) in [5.41, 5.74) is -0.608. The standard InChI is InChI=1S/C29H34ClN3O5/c1-4-21(16-34)33-24(26(36)32-20-12-10-19(30)11-13-20)29-14-17(2)28(3,38-29)22(23(29)27(33)37)25(35)31-15-18-8-6-5-7-9-18/h5-13,17,21-24,34H,4,14-16H2,1-3H3,(H,31,35)(H,32,36)/t17?,21-,22-,23-,24?,28+,29?/m0/s1. The van der Waals surface area contributed by atoms with Crippen LogP contribution in [-0.2, 0) is 25.7 Å². The minimum atomic E-state index is -1.18. The lowest BCUT2D eigenvalue weighted by Gasteiger charge is -2.36. The third kappa shape index (κ3) is 4.10. The van der Waals surface area contributed by atoms with Crippen LogP contribution in [0, 0.1) is 17.8 Å². The average Bonchev–Trinajstić information content (AvgIpc) is 3.42. The van der Waals surface area contributed by atoms with Gasteiger partial charge in [0.2, 0.25) is 17.7 Å². The predicted octanol–water partition coefficient (Wildman–Crippen LogP) is 3.38. The highest BCUT2D eigenvalue weighted by molar-refractivity contribution is 6.30. The van der Waals surface area contributed by atoms with Gasteiger partial charge < -0.3 is 25.4 Å². The highest BCUT2D eigenvalue weighted by Gasteiger charge is 2.80. The number of likely N-dealkylation sites (tertiary alicyclic amines) is 1. The molecule has 202 valence electrons. The molecule has 3 saturated heterocycles. The van der Waals surface area contributed by atoms with Crippen molar-refractivity contribution in [2.75, 3.05) is 11.9 Å². The Labute approximate surface area is 227 Å². The summed E-state index contributed by atoms with van der Waals surface area (Å²) in [6.07, 6.45) is 0.910. The van der Waals surface area contributed by atoms with E-state index in [0.29, 0.717) is 30.1 Å². The molecule has 2 aromatic rings. The monoisotopic (exact) mass is 539 g/mol. The molecule has 0 radical (unpaired) electrons. The van der Waals surface area contributed by atoms with Crippen molar-refractivity contribution in [3.05, 3.63) is 65.2 Å². The number of anilines is 1. The number of halogens is 1. The number of carbonyl (C=O) groups excluding carboxylic acids is 3. The van der Waals surface area contributed by atoms with E-state index in [4.69, 9.17) is 16.3 Å². The van der Waals surface area contributed by atoms with Gasteiger partial charge in [-0.25, -0.2) is 0 Å². The SMILES string of the molecule is CC[C@@H](CO)N1C(=O)[C@@H]2[C@@H](C(=O)NCc3ccccc3)[C@]3(C)OC2(CC3C)C1C(=O)Nc1ccc(Cl)cc1. The van der Waals surface area contributed by atoms with E-state index in [1.807, 2.05) is 51.1 Å². The summed E-state index contributed by atoms with van der Waals surface area (Å²) in [5.74, 6) is -2.66. The van der Waals surface area contributed by atoms with Gasteiger partial charge in [0.05, 0.1) is 30.1 Å². The van der Waals surface area contributed by atoms with Crippen molar-refractivity contribution >= 4 is 35.0 Å². The van der Waals surface area contributed by atoms with E-state index in [1.54, 1.807) is 24.3 Å². The van der Waals surface area contributed by atoms with Crippen LogP contribution in [0.5, 0.6) is 0 Å². The lowest BCUT2D eigenvalue weighted by Crippen LogP contribution is -2.56. The molecule has 2 aromatic carbocycles. The van der Waals surface area contributed by atoms with Crippen LogP contribution in [-0.4, -0.2) is 57.6 Å². The molecule has 3 heterocycles. The largest absolute Gasteiger partial charge is 0.394 e. The fourth-order valence-electron chi connectivity index (χ4n) is 6.82. The minimum absolute atomic E-state index is 0.0704. The molecular formula is C29H34ClN3O5. The van der Waals surface area contributed by atoms with Crippen molar-refractivity contribution in [3.63, 3.8) is 0 Å². The topological polar surface area (TPSA) is 108 Å². The molecule has 0 aliphatic carbocycles. The van der Waals surface area contributed by atoms with Crippen molar-refractivity contribution in [1.29, 1.82) is 0 Å². The number of hydrogen-bond acceptors (Lipinski definition) is 5. The maximum Gasteiger partial charge on any atom is 0.250 e. The Morgan fingerprint density at radius 2 is 1.84 bits per heavy atom. The minimum Gasteiger partial charge on any atom is -0.394 e. The number of amides is 3. The molecule has 9 heteroatoms. The Kier molecular flexibility index (Phi) is 7.00. The molecule has 38 heavy (non-hydrogen) atoms. The molecule has 3 unspecified atom stereocenters. The molecule has 2 bridgehead atoms. The molecule has 3 amide bonds. The molecule has 5 rings (SSSR count). The van der Waals surface area contributed by atoms with Crippen LogP contribution in [0.3, 0.4) is 0 Å². The van der Waals surface area contributed by atoms with Crippen molar-refractivity contribution in [2.24, 2.45) is 17.8 Å². The zero-order chi connectivity index (χ0) is 27.2. The lowest BCUT2D eigenvalue weighted by molar-refractivity contribution is -0.149. The van der Waals surface area contributed by atoms with Gasteiger partial charge in [-0.15, -0.1) is 0 Å². The molecular weight excluding hydrogens is 506 g/mol. The first-order valence-corrected chi connectivity index (χ1v) is 13.5. The fraction of sp³-hybridized carbons (Fsp3) is 0.483. The molecule has 0 saturated carbocycles. The normalized spacial score (nSPS) is 32.2. The number of hydrogen-bond donors (Lipinski definition) is 3. The van der Waals surface area contributed by atoms with Gasteiger partial charge in [0.15, 0.2) is 0 Å². The van der Waals surface area contributed by atoms with Gasteiger partial charge in [0, 0.05) is 17.3 Å². The van der Waals surface area contributed by atoms with Crippen LogP contribution < -0.4 is 10.6 Å². The van der Waals surface area contributed by atoms with Gasteiger partial charge >= 0.3 is 0 Å². The summed E-state index contributed by atoms with van der Waals surface area (Å²) in [4.78, 5) is 43.3. The van der Waals surface area contributed by atoms with E-state index in [0.717, 1.165) is 5.56 Å². The van der Waals surface area contributed by atoms with Crippen LogP contribution in [0.25, 0.3) is 0 Å². The molecule has 7 atom stereocenters. The number of rotatable bonds is 8. The maximum absolute atomic E-state index is 14.1. The van der Waals surface area contributed by atoms with Gasteiger partial charge in [-0.1, -0.05) is 55.8 Å². The molecule has 3 N–H and O–H groups in total. The van der Waals surface area contributed by atoms with Gasteiger partial charge in [-0.3, -0.25) is 14.4 Å². The molecule has 3 aliphatic rings. The van der Waals surface area contributed by atoms with Gasteiger partial charge in [-0.2, -0.15) is 0 Å². The Bertz CT molecular complexity index is 1220. The lowest BCUT2D eigenvalue weighted by atomic mass is 9.62. The maximum atomic E-state index is 14.1. The van der Waals surface area contributed by atoms with E-state index < -0.39 is 41.0 Å². The smallest absolute Gasteiger partial charge is 0.250 e. The molecule has 3 fully saturated rings. The second-order valence-corrected chi connectivity index (χ2v) is 11.3. The first-order chi connectivity index (χ1) is 18.2. The third-order valence-electron chi connectivity index (χ3n) is 8.78. The van der Waals surface area contributed by atoms with Crippen LogP contribution in [0.15, 0.2) is 54.6 Å². The van der Waals surface area contributed by atoms with E-state index in [2.05, 4.69) is 10.6 Å². The second-order valence-electron chi connectivity index (χ2n) is 10.9.